The predicted molar refractivity (Wildman–Crippen MR) is 83.9 cm³/mol. The molecule has 2 aliphatic rings. The summed E-state index contributed by atoms with van der Waals surface area (Å²) in [5.41, 5.74) is 0. The van der Waals surface area contributed by atoms with Gasteiger partial charge in [-0.2, -0.15) is 6.92 Å². The van der Waals surface area contributed by atoms with E-state index < -0.39 is 0 Å². The van der Waals surface area contributed by atoms with Gasteiger partial charge in [-0.3, -0.25) is 0 Å². The Morgan fingerprint density at radius 1 is 1.00 bits per heavy atom. The molecule has 5 atom stereocenters. The Labute approximate surface area is 152 Å². The van der Waals surface area contributed by atoms with Gasteiger partial charge in [0.2, 0.25) is 0 Å². The molecule has 2 nitrogen and oxygen atoms in total. The van der Waals surface area contributed by atoms with Crippen LogP contribution in [-0.2, 0) is 37.5 Å². The monoisotopic (exact) mass is 356 g/mol. The van der Waals surface area contributed by atoms with Gasteiger partial charge in [0, 0.05) is 38.6 Å². The molecule has 2 aliphatic carbocycles. The predicted octanol–water partition coefficient (Wildman–Crippen LogP) is 5.09. The molecule has 1 radical (unpaired) electrons. The molecular formula is C17H33NOY-2. The first-order valence-corrected chi connectivity index (χ1v) is 7.99. The van der Waals surface area contributed by atoms with Crippen molar-refractivity contribution in [2.45, 2.75) is 60.3 Å². The van der Waals surface area contributed by atoms with Crippen molar-refractivity contribution in [3.05, 3.63) is 12.2 Å². The van der Waals surface area contributed by atoms with Gasteiger partial charge < -0.3 is 17.0 Å². The van der Waals surface area contributed by atoms with Crippen LogP contribution in [0.4, 0.5) is 0 Å². The average Bonchev–Trinajstić information content (AvgIpc) is 2.74. The van der Waals surface area contributed by atoms with Crippen LogP contribution in [0, 0.1) is 36.5 Å². The van der Waals surface area contributed by atoms with Crippen LogP contribution < -0.4 is 0 Å². The summed E-state index contributed by atoms with van der Waals surface area (Å²) in [4.78, 5) is 11.6. The third-order valence-electron chi connectivity index (χ3n) is 4.94. The van der Waals surface area contributed by atoms with Gasteiger partial charge in [0.15, 0.2) is 0 Å². The van der Waals surface area contributed by atoms with E-state index in [0.29, 0.717) is 5.92 Å². The van der Waals surface area contributed by atoms with E-state index in [1.807, 2.05) is 13.8 Å². The number of amides is 1. The van der Waals surface area contributed by atoms with E-state index in [2.05, 4.69) is 26.1 Å². The van der Waals surface area contributed by atoms with Gasteiger partial charge in [-0.1, -0.05) is 34.1 Å². The standard InChI is InChI=1S/C13H23NO.C2H6.C2H5.Y/c1-8-4-5-10(9(8)2)11-6-7-12(11)13(15)14-3;2*1-2;/h8-12H,4-7H2,1-3H3,(H,14,15);1-2H3;1H2,2H3;/q;;-1;/p-1/t8-,9-,10+,11?,12?;;;/m1.../s1. The van der Waals surface area contributed by atoms with Crippen molar-refractivity contribution in [3.8, 4) is 0 Å². The van der Waals surface area contributed by atoms with Crippen molar-refractivity contribution < 1.29 is 37.5 Å². The normalized spacial score (nSPS) is 34.2. The molecule has 0 aromatic rings. The van der Waals surface area contributed by atoms with Gasteiger partial charge in [-0.25, -0.2) is 0 Å². The Kier molecular flexibility index (Phi) is 13.9. The van der Waals surface area contributed by atoms with Crippen molar-refractivity contribution >= 4 is 5.91 Å². The molecule has 0 N–H and O–H groups in total. The quantitative estimate of drug-likeness (QED) is 0.634. The SMILES string of the molecule is CC.C[N-]C(=O)C1CCC1[C@H]1CC[C@@H](C)[C@H]1C.[CH2-]C.[Y]. The molecule has 0 spiro atoms. The molecule has 2 saturated carbocycles. The first-order chi connectivity index (χ1) is 9.15. The maximum atomic E-state index is 11.6. The number of nitrogens with zero attached hydrogens (tertiary/aromatic N) is 1. The number of hydrogen-bond donors (Lipinski definition) is 0. The molecule has 0 aromatic heterocycles. The average molecular weight is 356 g/mol. The van der Waals surface area contributed by atoms with Crippen molar-refractivity contribution in [2.24, 2.45) is 29.6 Å². The fourth-order valence-corrected chi connectivity index (χ4v) is 3.52. The van der Waals surface area contributed by atoms with Gasteiger partial charge in [0.1, 0.15) is 0 Å². The van der Waals surface area contributed by atoms with Gasteiger partial charge in [0.05, 0.1) is 5.91 Å². The number of carbonyl (C=O) groups is 1. The van der Waals surface area contributed by atoms with E-state index in [1.54, 1.807) is 14.0 Å². The summed E-state index contributed by atoms with van der Waals surface area (Å²) in [5.74, 6) is 3.53. The molecule has 117 valence electrons. The fourth-order valence-electron chi connectivity index (χ4n) is 3.52. The fraction of sp³-hybridized carbons (Fsp3) is 0.882. The molecule has 0 heterocycles. The zero-order valence-corrected chi connectivity index (χ0v) is 17.2. The maximum absolute atomic E-state index is 11.6. The second-order valence-electron chi connectivity index (χ2n) is 5.49. The summed E-state index contributed by atoms with van der Waals surface area (Å²) in [6.07, 6.45) is 5.03. The summed E-state index contributed by atoms with van der Waals surface area (Å²) >= 11 is 0. The van der Waals surface area contributed by atoms with Crippen LogP contribution in [0.5, 0.6) is 0 Å². The minimum Gasteiger partial charge on any atom is -0.656 e. The minimum absolute atomic E-state index is 0. The van der Waals surface area contributed by atoms with Crippen LogP contribution in [0.1, 0.15) is 60.3 Å². The summed E-state index contributed by atoms with van der Waals surface area (Å²) in [5, 5.41) is 3.84. The van der Waals surface area contributed by atoms with Crippen LogP contribution in [0.15, 0.2) is 0 Å². The van der Waals surface area contributed by atoms with Gasteiger partial charge in [-0.15, -0.1) is 7.05 Å². The van der Waals surface area contributed by atoms with Crippen LogP contribution in [-0.4, -0.2) is 13.0 Å². The van der Waals surface area contributed by atoms with Gasteiger partial charge in [-0.05, 0) is 42.9 Å². The van der Waals surface area contributed by atoms with Crippen molar-refractivity contribution in [2.75, 3.05) is 7.05 Å². The smallest absolute Gasteiger partial charge is 0.0544 e. The Morgan fingerprint density at radius 3 is 1.80 bits per heavy atom. The first kappa shape index (κ1) is 22.8. The summed E-state index contributed by atoms with van der Waals surface area (Å²) in [6.45, 7) is 13.7. The third-order valence-corrected chi connectivity index (χ3v) is 4.94. The maximum Gasteiger partial charge on any atom is 0.0544 e. The second-order valence-corrected chi connectivity index (χ2v) is 5.49. The zero-order valence-electron chi connectivity index (χ0n) is 14.4. The molecule has 2 rings (SSSR count). The molecule has 2 unspecified atom stereocenters. The largest absolute Gasteiger partial charge is 0.656 e. The van der Waals surface area contributed by atoms with Crippen molar-refractivity contribution in [1.29, 1.82) is 0 Å². The molecule has 0 aromatic carbocycles. The first-order valence-electron chi connectivity index (χ1n) is 7.99. The third kappa shape index (κ3) is 5.41. The summed E-state index contributed by atoms with van der Waals surface area (Å²) in [6, 6.07) is 0. The Bertz CT molecular complexity index is 257. The van der Waals surface area contributed by atoms with Gasteiger partial charge >= 0.3 is 0 Å². The second kappa shape index (κ2) is 12.2. The molecule has 0 bridgehead atoms. The van der Waals surface area contributed by atoms with Crippen LogP contribution in [0.3, 0.4) is 0 Å². The number of rotatable bonds is 2. The van der Waals surface area contributed by atoms with Crippen LogP contribution in [0.2, 0.25) is 0 Å². The van der Waals surface area contributed by atoms with Crippen LogP contribution >= 0.6 is 0 Å². The Morgan fingerprint density at radius 2 is 1.50 bits per heavy atom. The van der Waals surface area contributed by atoms with E-state index in [1.165, 1.54) is 19.3 Å². The Hall–Kier alpha value is 0.574. The van der Waals surface area contributed by atoms with E-state index in [4.69, 9.17) is 0 Å². The molecule has 3 heteroatoms. The van der Waals surface area contributed by atoms with E-state index in [-0.39, 0.29) is 44.5 Å². The zero-order chi connectivity index (χ0) is 15.0. The topological polar surface area (TPSA) is 31.2 Å². The minimum atomic E-state index is 0. The molecule has 1 amide bonds. The number of hydrogen-bond acceptors (Lipinski definition) is 1. The molecule has 20 heavy (non-hydrogen) atoms. The Balaban J connectivity index is 0. The van der Waals surface area contributed by atoms with Crippen LogP contribution in [0.25, 0.3) is 5.32 Å². The molecule has 0 saturated heterocycles. The van der Waals surface area contributed by atoms with Crippen molar-refractivity contribution in [1.82, 2.24) is 0 Å². The number of carbonyl (C=O) groups excluding carboxylic acids is 1. The van der Waals surface area contributed by atoms with E-state index in [9.17, 15) is 4.79 Å². The molecular weight excluding hydrogens is 323 g/mol. The van der Waals surface area contributed by atoms with E-state index in [0.717, 1.165) is 24.2 Å². The summed E-state index contributed by atoms with van der Waals surface area (Å²) in [7, 11) is 1.64. The summed E-state index contributed by atoms with van der Waals surface area (Å²) < 4.78 is 0. The molecule has 0 aliphatic heterocycles. The van der Waals surface area contributed by atoms with E-state index >= 15 is 0 Å². The molecule has 2 fully saturated rings. The van der Waals surface area contributed by atoms with Gasteiger partial charge in [0.25, 0.3) is 0 Å². The van der Waals surface area contributed by atoms with Crippen molar-refractivity contribution in [3.63, 3.8) is 0 Å².